The van der Waals surface area contributed by atoms with Gasteiger partial charge in [-0.05, 0) is 30.9 Å². The number of aromatic nitrogens is 1. The first-order valence-corrected chi connectivity index (χ1v) is 6.94. The molecule has 1 heterocycles. The Labute approximate surface area is 108 Å². The third-order valence-corrected chi connectivity index (χ3v) is 4.07. The Balaban J connectivity index is 1.54. The SMILES string of the molecule is NC1CCC([N+]#CC2C[C@@H]2c2cccnc2)CC1. The number of rotatable bonds is 1. The summed E-state index contributed by atoms with van der Waals surface area (Å²) in [6.07, 6.45) is 9.48. The van der Waals surface area contributed by atoms with Gasteiger partial charge in [0, 0.05) is 37.2 Å². The highest BCUT2D eigenvalue weighted by atomic mass is 14.8. The molecule has 2 N–H and O–H groups in total. The molecule has 2 aliphatic rings. The number of nitrogens with two attached hydrogens (primary N) is 1. The molecule has 2 aliphatic carbocycles. The second kappa shape index (κ2) is 5.07. The molecule has 1 aromatic heterocycles. The monoisotopic (exact) mass is 242 g/mol. The van der Waals surface area contributed by atoms with Gasteiger partial charge in [0.1, 0.15) is 0 Å². The maximum atomic E-state index is 5.89. The lowest BCUT2D eigenvalue weighted by molar-refractivity contribution is 0.424. The molecule has 0 aromatic carbocycles. The Bertz CT molecular complexity index is 452. The van der Waals surface area contributed by atoms with Crippen LogP contribution in [0.4, 0.5) is 0 Å². The fourth-order valence-corrected chi connectivity index (χ4v) is 2.73. The summed E-state index contributed by atoms with van der Waals surface area (Å²) in [5, 5.41) is 0. The smallest absolute Gasteiger partial charge is 0.277 e. The fraction of sp³-hybridized carbons (Fsp3) is 0.600. The molecular weight excluding hydrogens is 222 g/mol. The topological polar surface area (TPSA) is 43.3 Å². The average molecular weight is 242 g/mol. The number of pyridine rings is 1. The van der Waals surface area contributed by atoms with Crippen molar-refractivity contribution >= 4 is 0 Å². The Kier molecular flexibility index (Phi) is 3.29. The average Bonchev–Trinajstić information content (AvgIpc) is 3.19. The van der Waals surface area contributed by atoms with E-state index in [-0.39, 0.29) is 0 Å². The molecule has 18 heavy (non-hydrogen) atoms. The van der Waals surface area contributed by atoms with Crippen LogP contribution in [0.15, 0.2) is 24.5 Å². The van der Waals surface area contributed by atoms with E-state index in [4.69, 9.17) is 5.73 Å². The van der Waals surface area contributed by atoms with Crippen LogP contribution in [0.3, 0.4) is 0 Å². The molecule has 3 rings (SSSR count). The maximum Gasteiger partial charge on any atom is 0.277 e. The van der Waals surface area contributed by atoms with E-state index in [2.05, 4.69) is 22.0 Å². The summed E-state index contributed by atoms with van der Waals surface area (Å²) in [7, 11) is 0. The molecule has 3 nitrogen and oxygen atoms in total. The first kappa shape index (κ1) is 11.7. The quantitative estimate of drug-likeness (QED) is 0.823. The molecule has 0 bridgehead atoms. The predicted octanol–water partition coefficient (Wildman–Crippen LogP) is 2.79. The minimum Gasteiger partial charge on any atom is -0.328 e. The molecule has 0 saturated heterocycles. The largest absolute Gasteiger partial charge is 0.328 e. The van der Waals surface area contributed by atoms with Crippen LogP contribution in [-0.4, -0.2) is 17.1 Å². The first-order valence-electron chi connectivity index (χ1n) is 6.94. The summed E-state index contributed by atoms with van der Waals surface area (Å²) >= 11 is 0. The summed E-state index contributed by atoms with van der Waals surface area (Å²) in [6, 6.07) is 8.38. The van der Waals surface area contributed by atoms with E-state index in [1.54, 1.807) is 0 Å². The zero-order valence-corrected chi connectivity index (χ0v) is 10.6. The zero-order valence-electron chi connectivity index (χ0n) is 10.6. The van der Waals surface area contributed by atoms with Crippen LogP contribution in [0.25, 0.3) is 4.85 Å². The van der Waals surface area contributed by atoms with Crippen LogP contribution in [0.1, 0.15) is 43.6 Å². The minimum atomic E-state index is 0.403. The highest BCUT2D eigenvalue weighted by molar-refractivity contribution is 5.27. The summed E-state index contributed by atoms with van der Waals surface area (Å²) in [4.78, 5) is 8.80. The molecule has 0 amide bonds. The second-order valence-electron chi connectivity index (χ2n) is 5.56. The van der Waals surface area contributed by atoms with E-state index in [9.17, 15) is 0 Å². The van der Waals surface area contributed by atoms with Gasteiger partial charge in [-0.3, -0.25) is 4.98 Å². The molecule has 2 fully saturated rings. The predicted molar refractivity (Wildman–Crippen MR) is 72.6 cm³/mol. The van der Waals surface area contributed by atoms with Crippen molar-refractivity contribution < 1.29 is 0 Å². The van der Waals surface area contributed by atoms with E-state index in [0.717, 1.165) is 25.7 Å². The van der Waals surface area contributed by atoms with Crippen molar-refractivity contribution in [1.82, 2.24) is 4.98 Å². The number of nitrogens with zero attached hydrogens (tertiary/aromatic N) is 2. The molecule has 3 heteroatoms. The number of hydrogen-bond acceptors (Lipinski definition) is 2. The third-order valence-electron chi connectivity index (χ3n) is 4.07. The van der Waals surface area contributed by atoms with Crippen LogP contribution in [0, 0.1) is 12.0 Å². The van der Waals surface area contributed by atoms with Crippen LogP contribution in [0.2, 0.25) is 0 Å². The van der Waals surface area contributed by atoms with Gasteiger partial charge in [0.05, 0.1) is 5.92 Å². The second-order valence-corrected chi connectivity index (χ2v) is 5.56. The van der Waals surface area contributed by atoms with Crippen LogP contribution < -0.4 is 5.73 Å². The van der Waals surface area contributed by atoms with Crippen LogP contribution in [0.5, 0.6) is 0 Å². The normalized spacial score (nSPS) is 34.5. The van der Waals surface area contributed by atoms with Gasteiger partial charge in [0.25, 0.3) is 12.1 Å². The minimum absolute atomic E-state index is 0.403. The Hall–Kier alpha value is -1.40. The Morgan fingerprint density at radius 3 is 2.83 bits per heavy atom. The Morgan fingerprint density at radius 2 is 2.11 bits per heavy atom. The summed E-state index contributed by atoms with van der Waals surface area (Å²) in [5.41, 5.74) is 7.22. The van der Waals surface area contributed by atoms with Crippen molar-refractivity contribution in [3.63, 3.8) is 0 Å². The van der Waals surface area contributed by atoms with Gasteiger partial charge in [-0.15, -0.1) is 0 Å². The van der Waals surface area contributed by atoms with Gasteiger partial charge in [-0.25, -0.2) is 0 Å². The highest BCUT2D eigenvalue weighted by Gasteiger charge is 2.42. The van der Waals surface area contributed by atoms with Crippen molar-refractivity contribution in [3.05, 3.63) is 34.9 Å². The molecule has 0 aliphatic heterocycles. The lowest BCUT2D eigenvalue weighted by Crippen LogP contribution is -2.27. The molecule has 1 unspecified atom stereocenters. The van der Waals surface area contributed by atoms with Crippen molar-refractivity contribution in [2.75, 3.05) is 0 Å². The van der Waals surface area contributed by atoms with E-state index < -0.39 is 0 Å². The van der Waals surface area contributed by atoms with Crippen molar-refractivity contribution in [2.45, 2.75) is 50.1 Å². The lowest BCUT2D eigenvalue weighted by atomic mass is 9.92. The van der Waals surface area contributed by atoms with Crippen molar-refractivity contribution in [2.24, 2.45) is 11.7 Å². The first-order chi connectivity index (χ1) is 8.83. The van der Waals surface area contributed by atoms with Gasteiger partial charge >= 0.3 is 0 Å². The molecule has 2 atom stereocenters. The van der Waals surface area contributed by atoms with Crippen molar-refractivity contribution in [3.8, 4) is 6.07 Å². The summed E-state index contributed by atoms with van der Waals surface area (Å²) in [6.45, 7) is 0. The van der Waals surface area contributed by atoms with Crippen molar-refractivity contribution in [1.29, 1.82) is 0 Å². The standard InChI is InChI=1S/C15H20N3/c16-13-3-5-14(6-4-13)18-10-12-8-15(12)11-2-1-7-17-9-11/h1-2,7,9,12-15H,3-6,8,16H2/q+1/t12?,13?,14?,15-/m1/s1. The third kappa shape index (κ3) is 2.70. The zero-order chi connectivity index (χ0) is 12.4. The number of hydrogen-bond donors (Lipinski definition) is 1. The fourth-order valence-electron chi connectivity index (χ4n) is 2.73. The Morgan fingerprint density at radius 1 is 1.28 bits per heavy atom. The van der Waals surface area contributed by atoms with Gasteiger partial charge < -0.3 is 5.73 Å². The van der Waals surface area contributed by atoms with E-state index in [1.165, 1.54) is 12.0 Å². The van der Waals surface area contributed by atoms with Gasteiger partial charge in [-0.2, -0.15) is 0 Å². The van der Waals surface area contributed by atoms with E-state index in [0.29, 0.717) is 23.9 Å². The molecule has 0 spiro atoms. The van der Waals surface area contributed by atoms with E-state index in [1.807, 2.05) is 18.5 Å². The maximum absolute atomic E-state index is 5.89. The molecule has 0 radical (unpaired) electrons. The van der Waals surface area contributed by atoms with Crippen LogP contribution in [-0.2, 0) is 0 Å². The molecule has 1 aromatic rings. The molecule has 94 valence electrons. The van der Waals surface area contributed by atoms with Gasteiger partial charge in [-0.1, -0.05) is 10.9 Å². The lowest BCUT2D eigenvalue weighted by Gasteiger charge is -2.15. The highest BCUT2D eigenvalue weighted by Crippen LogP contribution is 2.46. The summed E-state index contributed by atoms with van der Waals surface area (Å²) < 4.78 is 0. The van der Waals surface area contributed by atoms with Gasteiger partial charge in [0.2, 0.25) is 0 Å². The molecular formula is C15H20N3+. The molecule has 2 saturated carbocycles. The van der Waals surface area contributed by atoms with Crippen LogP contribution >= 0.6 is 0 Å². The summed E-state index contributed by atoms with van der Waals surface area (Å²) in [5.74, 6) is 1.12. The van der Waals surface area contributed by atoms with Gasteiger partial charge in [0.15, 0.2) is 0 Å². The van der Waals surface area contributed by atoms with E-state index >= 15 is 0 Å².